The van der Waals surface area contributed by atoms with Crippen molar-refractivity contribution >= 4 is 29.7 Å². The van der Waals surface area contributed by atoms with Crippen molar-refractivity contribution in [1.82, 2.24) is 0 Å². The maximum absolute atomic E-state index is 11.8. The molecule has 0 rings (SSSR count). The summed E-state index contributed by atoms with van der Waals surface area (Å²) in [6.45, 7) is 8.40. The van der Waals surface area contributed by atoms with Crippen LogP contribution in [0.2, 0.25) is 0 Å². The molecule has 2 nitrogen and oxygen atoms in total. The first-order chi connectivity index (χ1) is 6.27. The number of rotatable bonds is 6. The molecule has 86 valence electrons. The van der Waals surface area contributed by atoms with Gasteiger partial charge in [0.15, 0.2) is 0 Å². The van der Waals surface area contributed by atoms with Crippen molar-refractivity contribution in [3.63, 3.8) is 0 Å². The summed E-state index contributed by atoms with van der Waals surface area (Å²) in [6, 6.07) is 0. The Balaban J connectivity index is 3.71. The second-order valence-electron chi connectivity index (χ2n) is 4.11. The van der Waals surface area contributed by atoms with Gasteiger partial charge in [-0.3, -0.25) is 4.57 Å². The van der Waals surface area contributed by atoms with Crippen molar-refractivity contribution in [2.24, 2.45) is 0 Å². The van der Waals surface area contributed by atoms with E-state index in [2.05, 4.69) is 20.8 Å². The summed E-state index contributed by atoms with van der Waals surface area (Å²) in [5.74, 6) is 0. The smallest absolute Gasteiger partial charge is 0.255 e. The first kappa shape index (κ1) is 14.9. The second kappa shape index (κ2) is 6.47. The lowest BCUT2D eigenvalue weighted by Gasteiger charge is -2.18. The van der Waals surface area contributed by atoms with E-state index in [1.54, 1.807) is 18.4 Å². The predicted octanol–water partition coefficient (Wildman–Crippen LogP) is 4.46. The van der Waals surface area contributed by atoms with Gasteiger partial charge >= 0.3 is 0 Å². The van der Waals surface area contributed by atoms with Gasteiger partial charge in [0, 0.05) is 16.5 Å². The molecule has 0 saturated carbocycles. The van der Waals surface area contributed by atoms with Crippen LogP contribution >= 0.6 is 29.7 Å². The summed E-state index contributed by atoms with van der Waals surface area (Å²) in [7, 11) is 0. The zero-order chi connectivity index (χ0) is 11.2. The number of hydrogen-bond acceptors (Lipinski definition) is 4. The summed E-state index contributed by atoms with van der Waals surface area (Å²) >= 11 is 3.25. The van der Waals surface area contributed by atoms with Crippen LogP contribution < -0.4 is 0 Å². The topological polar surface area (TPSA) is 26.3 Å². The van der Waals surface area contributed by atoms with Crippen molar-refractivity contribution in [3.05, 3.63) is 0 Å². The molecule has 0 bridgehead atoms. The summed E-state index contributed by atoms with van der Waals surface area (Å²) in [6.07, 6.45) is 0.921. The molecule has 0 saturated heterocycles. The fourth-order valence-corrected chi connectivity index (χ4v) is 6.22. The Morgan fingerprint density at radius 3 is 2.36 bits per heavy atom. The SMILES string of the molecule is CCCOP(C)(=O)SCSC(C)(C)C. The van der Waals surface area contributed by atoms with Crippen LogP contribution in [0.1, 0.15) is 34.1 Å². The molecule has 1 atom stereocenters. The van der Waals surface area contributed by atoms with Gasteiger partial charge in [-0.05, 0) is 6.42 Å². The molecule has 0 fully saturated rings. The van der Waals surface area contributed by atoms with Crippen LogP contribution in [0.25, 0.3) is 0 Å². The minimum atomic E-state index is -2.40. The summed E-state index contributed by atoms with van der Waals surface area (Å²) in [5, 5.41) is 0.834. The van der Waals surface area contributed by atoms with Gasteiger partial charge in [0.1, 0.15) is 0 Å². The van der Waals surface area contributed by atoms with Crippen molar-refractivity contribution in [3.8, 4) is 0 Å². The van der Waals surface area contributed by atoms with E-state index in [1.165, 1.54) is 11.4 Å². The third-order valence-electron chi connectivity index (χ3n) is 1.31. The molecule has 0 aromatic carbocycles. The molecule has 14 heavy (non-hydrogen) atoms. The molecule has 0 aromatic rings. The van der Waals surface area contributed by atoms with E-state index >= 15 is 0 Å². The molecule has 0 aliphatic heterocycles. The number of thioether (sulfide) groups is 1. The largest absolute Gasteiger partial charge is 0.321 e. The van der Waals surface area contributed by atoms with Crippen LogP contribution in [0.4, 0.5) is 0 Å². The molecule has 0 radical (unpaired) electrons. The zero-order valence-electron chi connectivity index (χ0n) is 9.70. The van der Waals surface area contributed by atoms with E-state index in [0.29, 0.717) is 6.61 Å². The van der Waals surface area contributed by atoms with Gasteiger partial charge in [0.2, 0.25) is 0 Å². The van der Waals surface area contributed by atoms with Crippen LogP contribution in [0.15, 0.2) is 0 Å². The third-order valence-corrected chi connectivity index (χ3v) is 6.86. The Kier molecular flexibility index (Phi) is 6.88. The van der Waals surface area contributed by atoms with E-state index in [1.807, 2.05) is 6.92 Å². The van der Waals surface area contributed by atoms with E-state index in [0.717, 1.165) is 11.5 Å². The Hall–Kier alpha value is 0.890. The van der Waals surface area contributed by atoms with E-state index in [4.69, 9.17) is 4.52 Å². The molecule has 0 aromatic heterocycles. The molecule has 1 unspecified atom stereocenters. The monoisotopic (exact) mass is 256 g/mol. The molecular weight excluding hydrogens is 235 g/mol. The Bertz CT molecular complexity index is 201. The highest BCUT2D eigenvalue weighted by Gasteiger charge is 2.18. The highest BCUT2D eigenvalue weighted by atomic mass is 32.7. The minimum absolute atomic E-state index is 0.234. The van der Waals surface area contributed by atoms with Gasteiger partial charge < -0.3 is 4.52 Å². The Morgan fingerprint density at radius 1 is 1.36 bits per heavy atom. The molecule has 0 heterocycles. The molecule has 0 aliphatic rings. The van der Waals surface area contributed by atoms with Crippen molar-refractivity contribution in [2.45, 2.75) is 38.9 Å². The summed E-state index contributed by atoms with van der Waals surface area (Å²) in [4.78, 5) is 0. The van der Waals surface area contributed by atoms with Gasteiger partial charge in [-0.2, -0.15) is 0 Å². The third kappa shape index (κ3) is 9.45. The van der Waals surface area contributed by atoms with Crippen LogP contribution in [-0.2, 0) is 9.09 Å². The van der Waals surface area contributed by atoms with Crippen LogP contribution in [0.3, 0.4) is 0 Å². The van der Waals surface area contributed by atoms with Gasteiger partial charge in [0.25, 0.3) is 6.57 Å². The zero-order valence-corrected chi connectivity index (χ0v) is 12.2. The summed E-state index contributed by atoms with van der Waals surface area (Å²) < 4.78 is 17.3. The first-order valence-corrected chi connectivity index (χ1v) is 9.42. The van der Waals surface area contributed by atoms with Crippen LogP contribution in [0, 0.1) is 0 Å². The minimum Gasteiger partial charge on any atom is -0.321 e. The van der Waals surface area contributed by atoms with Gasteiger partial charge in [-0.15, -0.1) is 11.8 Å². The van der Waals surface area contributed by atoms with Crippen LogP contribution in [0.5, 0.6) is 0 Å². The lowest BCUT2D eigenvalue weighted by atomic mass is 10.3. The van der Waals surface area contributed by atoms with Crippen molar-refractivity contribution in [1.29, 1.82) is 0 Å². The average Bonchev–Trinajstić information content (AvgIpc) is 1.98. The molecule has 0 N–H and O–H groups in total. The normalized spacial score (nSPS) is 16.6. The van der Waals surface area contributed by atoms with E-state index in [9.17, 15) is 4.57 Å². The molecular formula is C9H21O2PS2. The number of hydrogen-bond donors (Lipinski definition) is 0. The van der Waals surface area contributed by atoms with E-state index in [-0.39, 0.29) is 4.75 Å². The van der Waals surface area contributed by atoms with Gasteiger partial charge in [-0.25, -0.2) is 0 Å². The maximum atomic E-state index is 11.8. The predicted molar refractivity (Wildman–Crippen MR) is 69.6 cm³/mol. The van der Waals surface area contributed by atoms with Crippen molar-refractivity contribution < 1.29 is 9.09 Å². The fraction of sp³-hybridized carbons (Fsp3) is 1.00. The Morgan fingerprint density at radius 2 is 1.93 bits per heavy atom. The molecule has 0 spiro atoms. The van der Waals surface area contributed by atoms with E-state index < -0.39 is 6.57 Å². The highest BCUT2D eigenvalue weighted by molar-refractivity contribution is 8.58. The highest BCUT2D eigenvalue weighted by Crippen LogP contribution is 2.57. The van der Waals surface area contributed by atoms with Gasteiger partial charge in [0.05, 0.1) is 6.61 Å². The molecule has 5 heteroatoms. The lowest BCUT2D eigenvalue weighted by Crippen LogP contribution is -2.07. The summed E-state index contributed by atoms with van der Waals surface area (Å²) in [5.41, 5.74) is 0. The Labute approximate surface area is 96.1 Å². The van der Waals surface area contributed by atoms with Crippen molar-refractivity contribution in [2.75, 3.05) is 18.4 Å². The van der Waals surface area contributed by atoms with Gasteiger partial charge in [-0.1, -0.05) is 39.1 Å². The standard InChI is InChI=1S/C9H21O2PS2/c1-6-7-11-12(5,10)14-8-13-9(2,3)4/h6-8H2,1-5H3. The fourth-order valence-electron chi connectivity index (χ4n) is 0.593. The second-order valence-corrected chi connectivity index (χ2v) is 11.4. The maximum Gasteiger partial charge on any atom is 0.255 e. The average molecular weight is 256 g/mol. The van der Waals surface area contributed by atoms with Crippen LogP contribution in [-0.4, -0.2) is 23.1 Å². The lowest BCUT2D eigenvalue weighted by molar-refractivity contribution is 0.328. The molecule has 0 amide bonds. The first-order valence-electron chi connectivity index (χ1n) is 4.77. The molecule has 0 aliphatic carbocycles. The quantitative estimate of drug-likeness (QED) is 0.518.